The van der Waals surface area contributed by atoms with Crippen molar-refractivity contribution in [3.8, 4) is 0 Å². The molecule has 10 heteroatoms. The van der Waals surface area contributed by atoms with Crippen molar-refractivity contribution >= 4 is 64.8 Å². The molecule has 3 aromatic rings. The molecule has 0 radical (unpaired) electrons. The van der Waals surface area contributed by atoms with Crippen LogP contribution in [0.2, 0.25) is 5.02 Å². The van der Waals surface area contributed by atoms with Gasteiger partial charge in [0.05, 0.1) is 10.5 Å². The van der Waals surface area contributed by atoms with Gasteiger partial charge in [-0.2, -0.15) is 4.98 Å². The van der Waals surface area contributed by atoms with Crippen LogP contribution in [-0.4, -0.2) is 66.1 Å². The molecule has 4 rings (SSSR count). The third kappa shape index (κ3) is 6.54. The minimum Gasteiger partial charge on any atom is -0.368 e. The highest BCUT2D eigenvalue weighted by molar-refractivity contribution is 6.30. The van der Waals surface area contributed by atoms with E-state index >= 15 is 0 Å². The van der Waals surface area contributed by atoms with Crippen LogP contribution in [0.5, 0.6) is 0 Å². The molecule has 0 amide bonds. The lowest BCUT2D eigenvalue weighted by molar-refractivity contribution is 0.158. The molecule has 0 spiro atoms. The number of aromatic nitrogens is 2. The monoisotopic (exact) mass is 486 g/mol. The van der Waals surface area contributed by atoms with Crippen molar-refractivity contribution in [2.75, 3.05) is 56.9 Å². The minimum atomic E-state index is -0.483. The number of piperazine rings is 1. The molecule has 168 valence electrons. The van der Waals surface area contributed by atoms with Gasteiger partial charge in [-0.3, -0.25) is 4.90 Å². The lowest BCUT2D eigenvalue weighted by atomic mass is 10.2. The average Bonchev–Trinajstić information content (AvgIpc) is 2.72. The zero-order valence-electron chi connectivity index (χ0n) is 17.1. The molecule has 0 atom stereocenters. The fraction of sp³-hybridized carbons (Fsp3) is 0.333. The fourth-order valence-corrected chi connectivity index (χ4v) is 3.49. The molecule has 1 fully saturated rings. The number of likely N-dealkylation sites (N-methyl/N-ethyl adjacent to an activating group) is 1. The summed E-state index contributed by atoms with van der Waals surface area (Å²) < 4.78 is 13.7. The number of hydrogen-bond donors (Lipinski definition) is 2. The number of fused-ring (bicyclic) bond motifs is 1. The van der Waals surface area contributed by atoms with E-state index in [2.05, 4.69) is 37.4 Å². The van der Waals surface area contributed by atoms with Crippen molar-refractivity contribution in [3.63, 3.8) is 0 Å². The van der Waals surface area contributed by atoms with Crippen LogP contribution in [0.15, 0.2) is 42.5 Å². The summed E-state index contributed by atoms with van der Waals surface area (Å²) >= 11 is 5.77. The Balaban J connectivity index is 0.00000171. The highest BCUT2D eigenvalue weighted by atomic mass is 35.5. The number of nitrogens with one attached hydrogen (secondary N) is 2. The first-order chi connectivity index (χ1) is 14.1. The molecular formula is C21H26Cl3FN6. The van der Waals surface area contributed by atoms with E-state index in [0.717, 1.165) is 56.0 Å². The molecule has 1 aliphatic rings. The second kappa shape index (κ2) is 11.6. The highest BCUT2D eigenvalue weighted by Gasteiger charge is 2.14. The number of nitrogens with zero attached hydrogens (tertiary/aromatic N) is 4. The Morgan fingerprint density at radius 1 is 1.03 bits per heavy atom. The molecule has 0 unspecified atom stereocenters. The molecule has 1 aliphatic heterocycles. The standard InChI is InChI=1S/C21H24ClFN6.2ClH/c1-28-10-12-29(13-11-28)9-8-24-20-16-4-2-3-5-19(16)26-21(27-20)25-15-6-7-17(22)18(23)14-15;;/h2-7,14H,8-13H2,1H3,(H2,24,25,26,27);2*1H. The lowest BCUT2D eigenvalue weighted by Crippen LogP contribution is -2.45. The van der Waals surface area contributed by atoms with E-state index in [0.29, 0.717) is 11.6 Å². The maximum atomic E-state index is 13.7. The first-order valence-corrected chi connectivity index (χ1v) is 10.1. The molecule has 31 heavy (non-hydrogen) atoms. The van der Waals surface area contributed by atoms with Gasteiger partial charge in [0.1, 0.15) is 11.6 Å². The van der Waals surface area contributed by atoms with Crippen LogP contribution in [0.25, 0.3) is 10.9 Å². The van der Waals surface area contributed by atoms with Crippen LogP contribution in [0, 0.1) is 5.82 Å². The predicted octanol–water partition coefficient (Wildman–Crippen LogP) is 4.67. The summed E-state index contributed by atoms with van der Waals surface area (Å²) in [4.78, 5) is 14.0. The Bertz CT molecular complexity index is 998. The van der Waals surface area contributed by atoms with E-state index in [4.69, 9.17) is 11.6 Å². The smallest absolute Gasteiger partial charge is 0.229 e. The molecule has 2 heterocycles. The van der Waals surface area contributed by atoms with Gasteiger partial charge in [0, 0.05) is 50.3 Å². The average molecular weight is 488 g/mol. The van der Waals surface area contributed by atoms with Crippen LogP contribution in [-0.2, 0) is 0 Å². The van der Waals surface area contributed by atoms with E-state index in [1.165, 1.54) is 12.1 Å². The molecule has 6 nitrogen and oxygen atoms in total. The van der Waals surface area contributed by atoms with E-state index in [-0.39, 0.29) is 29.8 Å². The second-order valence-electron chi connectivity index (χ2n) is 7.24. The molecule has 0 saturated carbocycles. The van der Waals surface area contributed by atoms with Crippen molar-refractivity contribution in [1.82, 2.24) is 19.8 Å². The number of rotatable bonds is 6. The maximum Gasteiger partial charge on any atom is 0.229 e. The number of halogens is 4. The Hall–Kier alpha value is -1.90. The van der Waals surface area contributed by atoms with Crippen molar-refractivity contribution in [3.05, 3.63) is 53.3 Å². The number of hydrogen-bond acceptors (Lipinski definition) is 6. The van der Waals surface area contributed by atoms with Gasteiger partial charge in [0.2, 0.25) is 5.95 Å². The van der Waals surface area contributed by atoms with E-state index in [9.17, 15) is 4.39 Å². The Kier molecular flexibility index (Phi) is 9.53. The SMILES string of the molecule is CN1CCN(CCNc2nc(Nc3ccc(Cl)c(F)c3)nc3ccccc23)CC1.Cl.Cl. The van der Waals surface area contributed by atoms with Crippen molar-refractivity contribution in [2.24, 2.45) is 0 Å². The zero-order chi connectivity index (χ0) is 20.2. The van der Waals surface area contributed by atoms with Crippen LogP contribution in [0.4, 0.5) is 21.8 Å². The van der Waals surface area contributed by atoms with Crippen molar-refractivity contribution < 1.29 is 4.39 Å². The molecule has 0 aliphatic carbocycles. The molecule has 2 N–H and O–H groups in total. The Morgan fingerprint density at radius 3 is 2.52 bits per heavy atom. The fourth-order valence-electron chi connectivity index (χ4n) is 3.37. The van der Waals surface area contributed by atoms with Crippen molar-refractivity contribution in [2.45, 2.75) is 0 Å². The first-order valence-electron chi connectivity index (χ1n) is 9.72. The van der Waals surface area contributed by atoms with Crippen LogP contribution in [0.1, 0.15) is 0 Å². The van der Waals surface area contributed by atoms with Crippen molar-refractivity contribution in [1.29, 1.82) is 0 Å². The molecule has 1 aromatic heterocycles. The molecule has 0 bridgehead atoms. The molecule has 1 saturated heterocycles. The number of benzene rings is 2. The van der Waals surface area contributed by atoms with Gasteiger partial charge in [-0.05, 0) is 37.4 Å². The van der Waals surface area contributed by atoms with E-state index in [1.54, 1.807) is 6.07 Å². The summed E-state index contributed by atoms with van der Waals surface area (Å²) in [5, 5.41) is 7.57. The van der Waals surface area contributed by atoms with Gasteiger partial charge in [0.25, 0.3) is 0 Å². The summed E-state index contributed by atoms with van der Waals surface area (Å²) in [5.74, 6) is 0.692. The van der Waals surface area contributed by atoms with Crippen LogP contribution in [0.3, 0.4) is 0 Å². The van der Waals surface area contributed by atoms with E-state index in [1.807, 2.05) is 24.3 Å². The van der Waals surface area contributed by atoms with Gasteiger partial charge in [-0.1, -0.05) is 23.7 Å². The third-order valence-corrected chi connectivity index (χ3v) is 5.40. The van der Waals surface area contributed by atoms with E-state index < -0.39 is 5.82 Å². The summed E-state index contributed by atoms with van der Waals surface area (Å²) in [6.45, 7) is 6.11. The van der Waals surface area contributed by atoms with Crippen LogP contribution < -0.4 is 10.6 Å². The summed E-state index contributed by atoms with van der Waals surface area (Å²) in [6.07, 6.45) is 0. The summed E-state index contributed by atoms with van der Waals surface area (Å²) in [5.41, 5.74) is 1.37. The van der Waals surface area contributed by atoms with Gasteiger partial charge in [0.15, 0.2) is 0 Å². The molecule has 2 aromatic carbocycles. The highest BCUT2D eigenvalue weighted by Crippen LogP contribution is 2.25. The predicted molar refractivity (Wildman–Crippen MR) is 131 cm³/mol. The number of para-hydroxylation sites is 1. The quantitative estimate of drug-likeness (QED) is 0.527. The summed E-state index contributed by atoms with van der Waals surface area (Å²) in [7, 11) is 2.16. The minimum absolute atomic E-state index is 0. The van der Waals surface area contributed by atoms with Gasteiger partial charge in [-0.15, -0.1) is 24.8 Å². The Morgan fingerprint density at radius 2 is 1.77 bits per heavy atom. The summed E-state index contributed by atoms with van der Waals surface area (Å²) in [6, 6.07) is 12.4. The van der Waals surface area contributed by atoms with Gasteiger partial charge >= 0.3 is 0 Å². The largest absolute Gasteiger partial charge is 0.368 e. The Labute approximate surface area is 199 Å². The third-order valence-electron chi connectivity index (χ3n) is 5.10. The first kappa shape index (κ1) is 25.4. The maximum absolute atomic E-state index is 13.7. The molecular weight excluding hydrogens is 462 g/mol. The normalized spacial score (nSPS) is 14.5. The zero-order valence-corrected chi connectivity index (χ0v) is 19.5. The van der Waals surface area contributed by atoms with Gasteiger partial charge in [-0.25, -0.2) is 9.37 Å². The van der Waals surface area contributed by atoms with Crippen LogP contribution >= 0.6 is 36.4 Å². The lowest BCUT2D eigenvalue weighted by Gasteiger charge is -2.32. The topological polar surface area (TPSA) is 56.3 Å². The number of anilines is 3. The van der Waals surface area contributed by atoms with Gasteiger partial charge < -0.3 is 15.5 Å². The second-order valence-corrected chi connectivity index (χ2v) is 7.65.